The Morgan fingerprint density at radius 3 is 2.40 bits per heavy atom. The largest absolute Gasteiger partial charge is 0.126 e. The van der Waals surface area contributed by atoms with E-state index in [1.165, 1.54) is 41.9 Å². The van der Waals surface area contributed by atoms with Crippen molar-refractivity contribution < 1.29 is 0 Å². The van der Waals surface area contributed by atoms with E-state index >= 15 is 0 Å². The maximum Gasteiger partial charge on any atom is 0.0474 e. The quantitative estimate of drug-likeness (QED) is 0.543. The summed E-state index contributed by atoms with van der Waals surface area (Å²) in [5.41, 5.74) is 1.21. The molecule has 0 spiro atoms. The van der Waals surface area contributed by atoms with Crippen LogP contribution < -0.4 is 0 Å². The topological polar surface area (TPSA) is 0 Å². The lowest BCUT2D eigenvalue weighted by molar-refractivity contribution is 0.623. The molecule has 1 aromatic rings. The fourth-order valence-electron chi connectivity index (χ4n) is 2.07. The van der Waals surface area contributed by atoms with Crippen LogP contribution in [0.25, 0.3) is 0 Å². The second kappa shape index (κ2) is 5.81. The van der Waals surface area contributed by atoms with Gasteiger partial charge in [0.25, 0.3) is 0 Å². The summed E-state index contributed by atoms with van der Waals surface area (Å²) in [5.74, 6) is 2.87. The minimum absolute atomic E-state index is 0.619. The van der Waals surface area contributed by atoms with Gasteiger partial charge in [0, 0.05) is 16.5 Å². The van der Waals surface area contributed by atoms with Crippen LogP contribution in [0.15, 0.2) is 29.2 Å². The van der Waals surface area contributed by atoms with Gasteiger partial charge < -0.3 is 0 Å². The van der Waals surface area contributed by atoms with Gasteiger partial charge in [-0.3, -0.25) is 0 Å². The molecule has 1 aliphatic carbocycles. The summed E-state index contributed by atoms with van der Waals surface area (Å²) >= 11 is 7.75. The lowest BCUT2D eigenvalue weighted by atomic mass is 10.1. The molecule has 0 aromatic heterocycles. The third-order valence-corrected chi connectivity index (χ3v) is 4.59. The molecule has 0 heterocycles. The minimum atomic E-state index is 0.619. The summed E-state index contributed by atoms with van der Waals surface area (Å²) < 4.78 is 0. The summed E-state index contributed by atoms with van der Waals surface area (Å²) in [6.07, 6.45) is 5.76. The highest BCUT2D eigenvalue weighted by atomic mass is 35.5. The van der Waals surface area contributed by atoms with Crippen molar-refractivity contribution in [2.75, 3.05) is 5.75 Å². The molecule has 2 heteroatoms. The lowest BCUT2D eigenvalue weighted by Gasteiger charge is -2.08. The van der Waals surface area contributed by atoms with Gasteiger partial charge in [-0.05, 0) is 36.5 Å². The zero-order chi connectivity index (χ0) is 10.5. The van der Waals surface area contributed by atoms with Crippen molar-refractivity contribution in [2.45, 2.75) is 36.5 Å². The van der Waals surface area contributed by atoms with Gasteiger partial charge in [-0.2, -0.15) is 0 Å². The Hall–Kier alpha value is -0.140. The second-order valence-corrected chi connectivity index (χ2v) is 5.60. The number of hydrogen-bond donors (Lipinski definition) is 0. The molecule has 0 amide bonds. The van der Waals surface area contributed by atoms with Crippen LogP contribution >= 0.6 is 23.4 Å². The van der Waals surface area contributed by atoms with Crippen LogP contribution in [-0.4, -0.2) is 5.75 Å². The number of thioether (sulfide) groups is 1. The summed E-state index contributed by atoms with van der Waals surface area (Å²) in [5, 5.41) is 0. The number of hydrogen-bond acceptors (Lipinski definition) is 1. The van der Waals surface area contributed by atoms with Crippen LogP contribution in [-0.2, 0) is 5.88 Å². The van der Waals surface area contributed by atoms with E-state index in [2.05, 4.69) is 24.3 Å². The molecular formula is C13H17ClS. The zero-order valence-corrected chi connectivity index (χ0v) is 10.5. The molecule has 0 aliphatic heterocycles. The smallest absolute Gasteiger partial charge is 0.0474 e. The monoisotopic (exact) mass is 240 g/mol. The highest BCUT2D eigenvalue weighted by molar-refractivity contribution is 7.99. The standard InChI is InChI=1S/C13H17ClS/c14-9-11-5-7-13(8-6-11)15-10-12-3-1-2-4-12/h5-8,12H,1-4,9-10H2. The maximum atomic E-state index is 5.75. The van der Waals surface area contributed by atoms with Crippen LogP contribution in [0.4, 0.5) is 0 Å². The fourth-order valence-corrected chi connectivity index (χ4v) is 3.33. The highest BCUT2D eigenvalue weighted by Crippen LogP contribution is 2.30. The summed E-state index contributed by atoms with van der Waals surface area (Å²) in [6.45, 7) is 0. The van der Waals surface area contributed by atoms with Crippen molar-refractivity contribution in [3.8, 4) is 0 Å². The third-order valence-electron chi connectivity index (χ3n) is 3.04. The van der Waals surface area contributed by atoms with E-state index in [1.54, 1.807) is 0 Å². The van der Waals surface area contributed by atoms with Crippen molar-refractivity contribution in [1.29, 1.82) is 0 Å². The number of alkyl halides is 1. The summed E-state index contributed by atoms with van der Waals surface area (Å²) in [6, 6.07) is 8.64. The Labute approximate surface area is 101 Å². The molecule has 0 atom stereocenters. The van der Waals surface area contributed by atoms with E-state index in [9.17, 15) is 0 Å². The predicted molar refractivity (Wildman–Crippen MR) is 68.7 cm³/mol. The summed E-state index contributed by atoms with van der Waals surface area (Å²) in [7, 11) is 0. The first-order valence-electron chi connectivity index (χ1n) is 5.66. The number of rotatable bonds is 4. The fraction of sp³-hybridized carbons (Fsp3) is 0.538. The molecular weight excluding hydrogens is 224 g/mol. The van der Waals surface area contributed by atoms with Crippen LogP contribution in [0, 0.1) is 5.92 Å². The maximum absolute atomic E-state index is 5.75. The molecule has 2 rings (SSSR count). The molecule has 0 radical (unpaired) electrons. The molecule has 0 nitrogen and oxygen atoms in total. The Bertz CT molecular complexity index is 288. The normalized spacial score (nSPS) is 17.1. The molecule has 1 fully saturated rings. The van der Waals surface area contributed by atoms with Gasteiger partial charge in [-0.1, -0.05) is 25.0 Å². The first-order chi connectivity index (χ1) is 7.38. The average Bonchev–Trinajstić information content (AvgIpc) is 2.80. The van der Waals surface area contributed by atoms with E-state index in [1.807, 2.05) is 11.8 Å². The van der Waals surface area contributed by atoms with Gasteiger partial charge in [0.1, 0.15) is 0 Å². The Kier molecular flexibility index (Phi) is 4.40. The zero-order valence-electron chi connectivity index (χ0n) is 8.92. The molecule has 1 saturated carbocycles. The first kappa shape index (κ1) is 11.3. The van der Waals surface area contributed by atoms with Crippen molar-refractivity contribution in [3.63, 3.8) is 0 Å². The number of halogens is 1. The van der Waals surface area contributed by atoms with Crippen LogP contribution in [0.5, 0.6) is 0 Å². The van der Waals surface area contributed by atoms with Gasteiger partial charge in [-0.25, -0.2) is 0 Å². The van der Waals surface area contributed by atoms with Crippen molar-refractivity contribution >= 4 is 23.4 Å². The average molecular weight is 241 g/mol. The van der Waals surface area contributed by atoms with Crippen molar-refractivity contribution in [1.82, 2.24) is 0 Å². The van der Waals surface area contributed by atoms with Crippen molar-refractivity contribution in [3.05, 3.63) is 29.8 Å². The lowest BCUT2D eigenvalue weighted by Crippen LogP contribution is -1.95. The minimum Gasteiger partial charge on any atom is -0.126 e. The molecule has 0 saturated heterocycles. The Morgan fingerprint density at radius 1 is 1.13 bits per heavy atom. The molecule has 1 aromatic carbocycles. The molecule has 1 aliphatic rings. The van der Waals surface area contributed by atoms with Gasteiger partial charge in [0.15, 0.2) is 0 Å². The van der Waals surface area contributed by atoms with Gasteiger partial charge in [0.05, 0.1) is 0 Å². The van der Waals surface area contributed by atoms with E-state index in [0.717, 1.165) is 5.92 Å². The second-order valence-electron chi connectivity index (χ2n) is 4.24. The molecule has 82 valence electrons. The molecule has 15 heavy (non-hydrogen) atoms. The van der Waals surface area contributed by atoms with E-state index < -0.39 is 0 Å². The highest BCUT2D eigenvalue weighted by Gasteiger charge is 2.14. The SMILES string of the molecule is ClCc1ccc(SCC2CCCC2)cc1. The first-order valence-corrected chi connectivity index (χ1v) is 7.18. The number of benzene rings is 1. The molecule has 0 bridgehead atoms. The van der Waals surface area contributed by atoms with Gasteiger partial charge in [0.2, 0.25) is 0 Å². The predicted octanol–water partition coefficient (Wildman–Crippen LogP) is 4.71. The van der Waals surface area contributed by atoms with Crippen LogP contribution in [0.1, 0.15) is 31.2 Å². The Balaban J connectivity index is 1.82. The van der Waals surface area contributed by atoms with Crippen molar-refractivity contribution in [2.24, 2.45) is 5.92 Å². The van der Waals surface area contributed by atoms with Gasteiger partial charge >= 0.3 is 0 Å². The van der Waals surface area contributed by atoms with Gasteiger partial charge in [-0.15, -0.1) is 23.4 Å². The van der Waals surface area contributed by atoms with Crippen LogP contribution in [0.2, 0.25) is 0 Å². The molecule has 0 unspecified atom stereocenters. The van der Waals surface area contributed by atoms with Crippen LogP contribution in [0.3, 0.4) is 0 Å². The Morgan fingerprint density at radius 2 is 1.80 bits per heavy atom. The molecule has 0 N–H and O–H groups in total. The third kappa shape index (κ3) is 3.42. The van der Waals surface area contributed by atoms with E-state index in [-0.39, 0.29) is 0 Å². The van der Waals surface area contributed by atoms with E-state index in [0.29, 0.717) is 5.88 Å². The summed E-state index contributed by atoms with van der Waals surface area (Å²) in [4.78, 5) is 1.38. The van der Waals surface area contributed by atoms with E-state index in [4.69, 9.17) is 11.6 Å².